The second-order valence-corrected chi connectivity index (χ2v) is 7.03. The molecule has 1 aliphatic rings. The fourth-order valence-corrected chi connectivity index (χ4v) is 3.26. The number of carbonyl (C=O) groups excluding carboxylic acids is 1. The Balaban J connectivity index is 2.22. The van der Waals surface area contributed by atoms with Crippen molar-refractivity contribution in [2.75, 3.05) is 11.9 Å². The molecule has 0 radical (unpaired) electrons. The van der Waals surface area contributed by atoms with Crippen LogP contribution >= 0.6 is 23.2 Å². The van der Waals surface area contributed by atoms with Crippen molar-refractivity contribution in [3.05, 3.63) is 22.2 Å². The highest BCUT2D eigenvalue weighted by Crippen LogP contribution is 2.33. The first kappa shape index (κ1) is 16.5. The number of benzene rings is 1. The molecule has 0 aliphatic carbocycles. The van der Waals surface area contributed by atoms with Crippen LogP contribution in [0.4, 0.5) is 5.69 Å². The predicted octanol–water partition coefficient (Wildman–Crippen LogP) is 2.15. The van der Waals surface area contributed by atoms with Crippen LogP contribution in [0, 0.1) is 0 Å². The number of hydrogen-bond donors (Lipinski definition) is 2. The van der Waals surface area contributed by atoms with Gasteiger partial charge in [-0.05, 0) is 31.4 Å². The molecule has 1 heterocycles. The summed E-state index contributed by atoms with van der Waals surface area (Å²) >= 11 is 11.9. The van der Waals surface area contributed by atoms with Crippen molar-refractivity contribution in [3.63, 3.8) is 0 Å². The molecule has 1 amide bonds. The van der Waals surface area contributed by atoms with Gasteiger partial charge in [0.1, 0.15) is 6.10 Å². The average molecular weight is 353 g/mol. The predicted molar refractivity (Wildman–Crippen MR) is 80.1 cm³/mol. The van der Waals surface area contributed by atoms with Gasteiger partial charge in [0.15, 0.2) is 0 Å². The minimum absolute atomic E-state index is 0.00400. The van der Waals surface area contributed by atoms with E-state index in [2.05, 4.69) is 5.32 Å². The van der Waals surface area contributed by atoms with E-state index in [-0.39, 0.29) is 26.5 Å². The topological polar surface area (TPSA) is 98.5 Å². The molecule has 21 heavy (non-hydrogen) atoms. The van der Waals surface area contributed by atoms with E-state index >= 15 is 0 Å². The molecule has 1 atom stereocenters. The van der Waals surface area contributed by atoms with Crippen molar-refractivity contribution >= 4 is 44.8 Å². The van der Waals surface area contributed by atoms with Gasteiger partial charge < -0.3 is 10.1 Å². The summed E-state index contributed by atoms with van der Waals surface area (Å²) in [4.78, 5) is 11.8. The molecule has 3 N–H and O–H groups in total. The van der Waals surface area contributed by atoms with Gasteiger partial charge in [-0.2, -0.15) is 0 Å². The van der Waals surface area contributed by atoms with Crippen LogP contribution in [0.25, 0.3) is 0 Å². The fraction of sp³-hybridized carbons (Fsp3) is 0.417. The molecular formula is C12H14Cl2N2O4S. The summed E-state index contributed by atoms with van der Waals surface area (Å²) in [5.74, 6) is -0.359. The highest BCUT2D eigenvalue weighted by atomic mass is 35.5. The normalized spacial score (nSPS) is 19.3. The van der Waals surface area contributed by atoms with Gasteiger partial charge >= 0.3 is 0 Å². The third kappa shape index (κ3) is 4.08. The second-order valence-electron chi connectivity index (χ2n) is 4.65. The molecule has 1 saturated heterocycles. The second kappa shape index (κ2) is 6.50. The van der Waals surface area contributed by atoms with Crippen molar-refractivity contribution in [3.8, 4) is 0 Å². The van der Waals surface area contributed by atoms with E-state index in [9.17, 15) is 13.2 Å². The smallest absolute Gasteiger partial charge is 0.253 e. The van der Waals surface area contributed by atoms with Crippen LogP contribution in [0.2, 0.25) is 10.0 Å². The number of hydrogen-bond acceptors (Lipinski definition) is 4. The summed E-state index contributed by atoms with van der Waals surface area (Å²) in [5, 5.41) is 7.57. The lowest BCUT2D eigenvalue weighted by atomic mass is 10.1. The van der Waals surface area contributed by atoms with E-state index in [0.717, 1.165) is 25.0 Å². The molecular weight excluding hydrogens is 339 g/mol. The van der Waals surface area contributed by atoms with Crippen LogP contribution in [0.3, 0.4) is 0 Å². The summed E-state index contributed by atoms with van der Waals surface area (Å²) in [6, 6.07) is 2.28. The molecule has 1 aliphatic heterocycles. The quantitative estimate of drug-likeness (QED) is 0.870. The highest BCUT2D eigenvalue weighted by molar-refractivity contribution is 7.89. The van der Waals surface area contributed by atoms with Crippen LogP contribution in [0.1, 0.15) is 19.3 Å². The zero-order valence-electron chi connectivity index (χ0n) is 10.9. The Morgan fingerprint density at radius 1 is 1.29 bits per heavy atom. The Hall–Kier alpha value is -0.860. The zero-order valence-corrected chi connectivity index (χ0v) is 13.3. The Kier molecular flexibility index (Phi) is 5.11. The Morgan fingerprint density at radius 3 is 2.38 bits per heavy atom. The van der Waals surface area contributed by atoms with E-state index in [4.69, 9.17) is 33.1 Å². The number of halogens is 2. The molecule has 116 valence electrons. The Bertz CT molecular complexity index is 634. The standard InChI is InChI=1S/C12H14Cl2N2O4S/c13-8-5-7(21(15,18)19)6-9(14)11(8)16-12(17)10-3-1-2-4-20-10/h5-6,10H,1-4H2,(H,16,17)(H2,15,18,19). The average Bonchev–Trinajstić information content (AvgIpc) is 2.42. The first-order chi connectivity index (χ1) is 9.79. The fourth-order valence-electron chi connectivity index (χ4n) is 1.98. The number of amides is 1. The number of primary sulfonamides is 1. The number of nitrogens with two attached hydrogens (primary N) is 1. The van der Waals surface area contributed by atoms with Gasteiger partial charge in [0, 0.05) is 6.61 Å². The van der Waals surface area contributed by atoms with Gasteiger partial charge in [0.05, 0.1) is 20.6 Å². The molecule has 9 heteroatoms. The number of anilines is 1. The maximum atomic E-state index is 12.1. The lowest BCUT2D eigenvalue weighted by Gasteiger charge is -2.22. The molecule has 6 nitrogen and oxygen atoms in total. The molecule has 1 aromatic carbocycles. The minimum atomic E-state index is -3.92. The molecule has 0 bridgehead atoms. The molecule has 0 aromatic heterocycles. The zero-order chi connectivity index (χ0) is 15.6. The number of nitrogens with one attached hydrogen (secondary N) is 1. The van der Waals surface area contributed by atoms with Crippen LogP contribution in [-0.4, -0.2) is 27.0 Å². The summed E-state index contributed by atoms with van der Waals surface area (Å²) in [5.41, 5.74) is 0.143. The van der Waals surface area contributed by atoms with Gasteiger partial charge in [-0.15, -0.1) is 0 Å². The maximum Gasteiger partial charge on any atom is 0.253 e. The number of sulfonamides is 1. The first-order valence-electron chi connectivity index (χ1n) is 6.23. The minimum Gasteiger partial charge on any atom is -0.368 e. The number of carbonyl (C=O) groups is 1. The lowest BCUT2D eigenvalue weighted by molar-refractivity contribution is -0.129. The molecule has 2 rings (SSSR count). The lowest BCUT2D eigenvalue weighted by Crippen LogP contribution is -2.33. The van der Waals surface area contributed by atoms with Gasteiger partial charge in [-0.25, -0.2) is 13.6 Å². The van der Waals surface area contributed by atoms with E-state index in [1.807, 2.05) is 0 Å². The Morgan fingerprint density at radius 2 is 1.90 bits per heavy atom. The van der Waals surface area contributed by atoms with Gasteiger partial charge in [0.25, 0.3) is 5.91 Å². The van der Waals surface area contributed by atoms with Crippen LogP contribution in [0.5, 0.6) is 0 Å². The van der Waals surface area contributed by atoms with E-state index in [0.29, 0.717) is 13.0 Å². The van der Waals surface area contributed by atoms with E-state index < -0.39 is 16.1 Å². The van der Waals surface area contributed by atoms with Crippen molar-refractivity contribution in [2.24, 2.45) is 5.14 Å². The highest BCUT2D eigenvalue weighted by Gasteiger charge is 2.24. The van der Waals surface area contributed by atoms with Gasteiger partial charge in [0.2, 0.25) is 10.0 Å². The SMILES string of the molecule is NS(=O)(=O)c1cc(Cl)c(NC(=O)C2CCCCO2)c(Cl)c1. The van der Waals surface area contributed by atoms with E-state index in [1.54, 1.807) is 0 Å². The van der Waals surface area contributed by atoms with Crippen molar-refractivity contribution in [1.29, 1.82) is 0 Å². The third-order valence-electron chi connectivity index (χ3n) is 3.06. The third-order valence-corrected chi connectivity index (χ3v) is 4.55. The monoisotopic (exact) mass is 352 g/mol. The summed E-state index contributed by atoms with van der Waals surface area (Å²) in [6.45, 7) is 0.532. The van der Waals surface area contributed by atoms with Crippen molar-refractivity contribution in [1.82, 2.24) is 0 Å². The van der Waals surface area contributed by atoms with Gasteiger partial charge in [-0.3, -0.25) is 4.79 Å². The molecule has 0 saturated carbocycles. The number of ether oxygens (including phenoxy) is 1. The van der Waals surface area contributed by atoms with Crippen molar-refractivity contribution < 1.29 is 17.9 Å². The molecule has 0 spiro atoms. The Labute approximate surface area is 132 Å². The molecule has 1 unspecified atom stereocenters. The molecule has 1 aromatic rings. The largest absolute Gasteiger partial charge is 0.368 e. The van der Waals surface area contributed by atoms with Crippen LogP contribution in [0.15, 0.2) is 17.0 Å². The van der Waals surface area contributed by atoms with Crippen LogP contribution < -0.4 is 10.5 Å². The van der Waals surface area contributed by atoms with Crippen molar-refractivity contribution in [2.45, 2.75) is 30.3 Å². The summed E-state index contributed by atoms with van der Waals surface area (Å²) in [7, 11) is -3.92. The maximum absolute atomic E-state index is 12.1. The first-order valence-corrected chi connectivity index (χ1v) is 8.53. The van der Waals surface area contributed by atoms with Gasteiger partial charge in [-0.1, -0.05) is 23.2 Å². The van der Waals surface area contributed by atoms with E-state index in [1.165, 1.54) is 0 Å². The number of rotatable bonds is 3. The summed E-state index contributed by atoms with van der Waals surface area (Å²) in [6.07, 6.45) is 1.90. The summed E-state index contributed by atoms with van der Waals surface area (Å²) < 4.78 is 27.9. The molecule has 1 fully saturated rings. The van der Waals surface area contributed by atoms with Crippen LogP contribution in [-0.2, 0) is 19.6 Å².